The number of nitrogens with one attached hydrogen (secondary N) is 1. The monoisotopic (exact) mass is 307 g/mol. The average molecular weight is 307 g/mol. The molecule has 0 fully saturated rings. The van der Waals surface area contributed by atoms with E-state index < -0.39 is 0 Å². The van der Waals surface area contributed by atoms with Crippen LogP contribution in [0.4, 0.5) is 0 Å². The fourth-order valence-electron chi connectivity index (χ4n) is 2.29. The van der Waals surface area contributed by atoms with Crippen LogP contribution in [-0.2, 0) is 6.54 Å². The second kappa shape index (κ2) is 5.95. The first-order valence-electron chi connectivity index (χ1n) is 6.58. The number of aromatic nitrogens is 2. The minimum Gasteiger partial charge on any atom is -0.480 e. The van der Waals surface area contributed by atoms with Crippen LogP contribution in [0, 0.1) is 0 Å². The summed E-state index contributed by atoms with van der Waals surface area (Å²) >= 11 is 3.42. The van der Waals surface area contributed by atoms with Crippen molar-refractivity contribution in [1.29, 1.82) is 0 Å². The van der Waals surface area contributed by atoms with E-state index in [1.165, 1.54) is 4.88 Å². The number of thiophene rings is 1. The van der Waals surface area contributed by atoms with Crippen LogP contribution < -0.4 is 10.1 Å². The van der Waals surface area contributed by atoms with Gasteiger partial charge in [-0.05, 0) is 17.9 Å². The number of ether oxygens (including phenoxy) is 1. The molecule has 4 nitrogen and oxygen atoms in total. The molecule has 0 aliphatic heterocycles. The van der Waals surface area contributed by atoms with Crippen LogP contribution in [0.15, 0.2) is 29.1 Å². The quantitative estimate of drug-likeness (QED) is 0.754. The van der Waals surface area contributed by atoms with E-state index in [1.54, 1.807) is 29.8 Å². The van der Waals surface area contributed by atoms with Crippen LogP contribution in [0.5, 0.6) is 5.88 Å². The number of methoxy groups -OCH3 is 1. The van der Waals surface area contributed by atoms with E-state index in [-0.39, 0.29) is 0 Å². The highest BCUT2D eigenvalue weighted by molar-refractivity contribution is 7.15. The molecule has 0 aliphatic carbocycles. The van der Waals surface area contributed by atoms with Crippen molar-refractivity contribution < 1.29 is 4.74 Å². The maximum Gasteiger partial charge on any atom is 0.237 e. The van der Waals surface area contributed by atoms with Gasteiger partial charge in [-0.1, -0.05) is 13.0 Å². The van der Waals surface area contributed by atoms with Gasteiger partial charge >= 0.3 is 0 Å². The predicted octanol–water partition coefficient (Wildman–Crippen LogP) is 3.71. The van der Waals surface area contributed by atoms with Gasteiger partial charge in [-0.15, -0.1) is 22.7 Å². The summed E-state index contributed by atoms with van der Waals surface area (Å²) in [6.45, 7) is 2.95. The number of hydrogen-bond acceptors (Lipinski definition) is 5. The third-order valence-corrected chi connectivity index (χ3v) is 5.07. The molecule has 20 heavy (non-hydrogen) atoms. The van der Waals surface area contributed by atoms with E-state index >= 15 is 0 Å². The third-order valence-electron chi connectivity index (χ3n) is 3.33. The molecule has 0 aromatic carbocycles. The fraction of sp³-hybridized carbons (Fsp3) is 0.357. The highest BCUT2D eigenvalue weighted by Gasteiger charge is 2.16. The average Bonchev–Trinajstić information content (AvgIpc) is 3.16. The van der Waals surface area contributed by atoms with E-state index in [4.69, 9.17) is 4.74 Å². The van der Waals surface area contributed by atoms with Gasteiger partial charge in [0.05, 0.1) is 7.11 Å². The van der Waals surface area contributed by atoms with Gasteiger partial charge in [-0.25, -0.2) is 0 Å². The van der Waals surface area contributed by atoms with E-state index in [1.807, 2.05) is 11.6 Å². The van der Waals surface area contributed by atoms with Crippen molar-refractivity contribution >= 4 is 27.6 Å². The molecule has 3 aromatic rings. The summed E-state index contributed by atoms with van der Waals surface area (Å²) in [6, 6.07) is 4.66. The molecule has 0 spiro atoms. The molecule has 3 rings (SSSR count). The summed E-state index contributed by atoms with van der Waals surface area (Å²) in [7, 11) is 1.67. The first kappa shape index (κ1) is 13.6. The molecule has 0 radical (unpaired) electrons. The molecule has 106 valence electrons. The van der Waals surface area contributed by atoms with Gasteiger partial charge in [0, 0.05) is 29.0 Å². The molecule has 0 amide bonds. The van der Waals surface area contributed by atoms with Gasteiger partial charge in [0.25, 0.3) is 0 Å². The number of imidazole rings is 1. The van der Waals surface area contributed by atoms with Crippen LogP contribution in [-0.4, -0.2) is 16.5 Å². The molecule has 0 bridgehead atoms. The zero-order chi connectivity index (χ0) is 13.9. The number of thiazole rings is 1. The Kier molecular flexibility index (Phi) is 4.05. The maximum atomic E-state index is 5.38. The number of rotatable bonds is 6. The molecular weight excluding hydrogens is 290 g/mol. The molecule has 0 saturated heterocycles. The van der Waals surface area contributed by atoms with E-state index in [9.17, 15) is 0 Å². The summed E-state index contributed by atoms with van der Waals surface area (Å²) in [6.07, 6.45) is 3.10. The van der Waals surface area contributed by atoms with E-state index in [0.717, 1.165) is 23.6 Å². The Labute approximate surface area is 126 Å². The lowest BCUT2D eigenvalue weighted by atomic mass is 10.2. The molecule has 0 saturated carbocycles. The fourth-order valence-corrected chi connectivity index (χ4v) is 3.90. The summed E-state index contributed by atoms with van der Waals surface area (Å²) in [5, 5.41) is 7.77. The summed E-state index contributed by atoms with van der Waals surface area (Å²) in [5.41, 5.74) is 1.08. The van der Waals surface area contributed by atoms with Crippen molar-refractivity contribution in [3.8, 4) is 5.88 Å². The lowest BCUT2D eigenvalue weighted by Gasteiger charge is -2.15. The first-order valence-corrected chi connectivity index (χ1v) is 8.34. The number of hydrogen-bond donors (Lipinski definition) is 1. The van der Waals surface area contributed by atoms with Crippen molar-refractivity contribution in [2.45, 2.75) is 25.9 Å². The highest BCUT2D eigenvalue weighted by atomic mass is 32.1. The Morgan fingerprint density at radius 1 is 1.40 bits per heavy atom. The van der Waals surface area contributed by atoms with Crippen LogP contribution in [0.25, 0.3) is 4.96 Å². The van der Waals surface area contributed by atoms with Crippen molar-refractivity contribution in [3.05, 3.63) is 39.7 Å². The van der Waals surface area contributed by atoms with Crippen molar-refractivity contribution in [1.82, 2.24) is 14.7 Å². The number of nitrogens with zero attached hydrogens (tertiary/aromatic N) is 2. The summed E-state index contributed by atoms with van der Waals surface area (Å²) in [4.78, 5) is 6.83. The number of fused-ring (bicyclic) bond motifs is 1. The van der Waals surface area contributed by atoms with Gasteiger partial charge in [0.2, 0.25) is 5.88 Å². The zero-order valence-electron chi connectivity index (χ0n) is 11.5. The zero-order valence-corrected chi connectivity index (χ0v) is 13.1. The van der Waals surface area contributed by atoms with Crippen LogP contribution >= 0.6 is 22.7 Å². The standard InChI is InChI=1S/C14H17N3OS2/c1-3-10(12-5-4-7-19-12)15-9-11-13(18-2)16-14-17(11)6-8-20-14/h4-8,10,15H,3,9H2,1-2H3. The molecule has 3 heterocycles. The van der Waals surface area contributed by atoms with Gasteiger partial charge in [-0.3, -0.25) is 4.40 Å². The molecule has 1 atom stereocenters. The summed E-state index contributed by atoms with van der Waals surface area (Å²) in [5.74, 6) is 0.713. The minimum atomic E-state index is 0.379. The van der Waals surface area contributed by atoms with Crippen molar-refractivity contribution in [2.75, 3.05) is 7.11 Å². The molecule has 6 heteroatoms. The van der Waals surface area contributed by atoms with E-state index in [2.05, 4.69) is 39.1 Å². The molecule has 1 N–H and O–H groups in total. The Morgan fingerprint density at radius 3 is 3.00 bits per heavy atom. The summed E-state index contributed by atoms with van der Waals surface area (Å²) < 4.78 is 7.48. The lowest BCUT2D eigenvalue weighted by molar-refractivity contribution is 0.390. The SMILES string of the molecule is CCC(NCc1c(OC)nc2sccn12)c1cccs1. The lowest BCUT2D eigenvalue weighted by Crippen LogP contribution is -2.20. The third kappa shape index (κ3) is 2.46. The Balaban J connectivity index is 1.80. The molecular formula is C14H17N3OS2. The second-order valence-corrected chi connectivity index (χ2v) is 6.33. The van der Waals surface area contributed by atoms with Crippen molar-refractivity contribution in [2.24, 2.45) is 0 Å². The van der Waals surface area contributed by atoms with E-state index in [0.29, 0.717) is 11.9 Å². The molecule has 3 aromatic heterocycles. The Morgan fingerprint density at radius 2 is 2.30 bits per heavy atom. The van der Waals surface area contributed by atoms with Crippen LogP contribution in [0.2, 0.25) is 0 Å². The van der Waals surface area contributed by atoms with Crippen LogP contribution in [0.1, 0.15) is 30.0 Å². The molecule has 0 aliphatic rings. The Bertz CT molecular complexity index is 672. The van der Waals surface area contributed by atoms with Gasteiger partial charge < -0.3 is 10.1 Å². The van der Waals surface area contributed by atoms with Gasteiger partial charge in [0.15, 0.2) is 4.96 Å². The largest absolute Gasteiger partial charge is 0.480 e. The van der Waals surface area contributed by atoms with Gasteiger partial charge in [0.1, 0.15) is 5.69 Å². The normalized spacial score (nSPS) is 12.9. The predicted molar refractivity (Wildman–Crippen MR) is 83.8 cm³/mol. The topological polar surface area (TPSA) is 38.6 Å². The van der Waals surface area contributed by atoms with Crippen LogP contribution in [0.3, 0.4) is 0 Å². The first-order chi connectivity index (χ1) is 9.83. The minimum absolute atomic E-state index is 0.379. The highest BCUT2D eigenvalue weighted by Crippen LogP contribution is 2.26. The second-order valence-electron chi connectivity index (χ2n) is 4.48. The smallest absolute Gasteiger partial charge is 0.237 e. The van der Waals surface area contributed by atoms with Gasteiger partial charge in [-0.2, -0.15) is 4.98 Å². The maximum absolute atomic E-state index is 5.38. The van der Waals surface area contributed by atoms with Crippen molar-refractivity contribution in [3.63, 3.8) is 0 Å². The molecule has 1 unspecified atom stereocenters. The Hall–Kier alpha value is -1.37.